The van der Waals surface area contributed by atoms with Gasteiger partial charge in [0.25, 0.3) is 5.56 Å². The van der Waals surface area contributed by atoms with Crippen LogP contribution in [0.1, 0.15) is 20.3 Å². The lowest BCUT2D eigenvalue weighted by molar-refractivity contribution is 0.467. The van der Waals surface area contributed by atoms with Crippen molar-refractivity contribution in [2.45, 2.75) is 46.4 Å². The van der Waals surface area contributed by atoms with E-state index in [9.17, 15) is 9.59 Å². The fourth-order valence-electron chi connectivity index (χ4n) is 2.96. The van der Waals surface area contributed by atoms with Crippen molar-refractivity contribution in [3.05, 3.63) is 30.2 Å². The first kappa shape index (κ1) is 14.4. The van der Waals surface area contributed by atoms with E-state index in [1.54, 1.807) is 9.13 Å². The summed E-state index contributed by atoms with van der Waals surface area (Å²) >= 11 is 10.8. The summed E-state index contributed by atoms with van der Waals surface area (Å²) in [5, 5.41) is 0.432. The number of aromatic nitrogens is 4. The quantitative estimate of drug-likeness (QED) is 0.789. The van der Waals surface area contributed by atoms with E-state index >= 15 is 0 Å². The Morgan fingerprint density at radius 1 is 1.00 bits per heavy atom. The first-order valence-electron chi connectivity index (χ1n) is 7.03. The highest BCUT2D eigenvalue weighted by atomic mass is 32.1. The van der Waals surface area contributed by atoms with Gasteiger partial charge >= 0.3 is 5.69 Å². The molecule has 21 heavy (non-hydrogen) atoms. The Labute approximate surface area is 130 Å². The van der Waals surface area contributed by atoms with Crippen LogP contribution in [-0.4, -0.2) is 18.3 Å². The third kappa shape index (κ3) is 1.82. The highest BCUT2D eigenvalue weighted by Crippen LogP contribution is 2.17. The number of hydrogen-bond donors (Lipinski definition) is 0. The van der Waals surface area contributed by atoms with Gasteiger partial charge in [0.2, 0.25) is 0 Å². The van der Waals surface area contributed by atoms with Crippen LogP contribution in [0.3, 0.4) is 0 Å². The Hall–Kier alpha value is -1.54. The first-order chi connectivity index (χ1) is 10.0. The molecule has 1 aliphatic heterocycles. The molecule has 1 aliphatic rings. The average Bonchev–Trinajstić information content (AvgIpc) is 2.47. The Bertz CT molecular complexity index is 903. The van der Waals surface area contributed by atoms with Gasteiger partial charge in [-0.25, -0.2) is 4.79 Å². The highest BCUT2D eigenvalue weighted by molar-refractivity contribution is 7.71. The lowest BCUT2D eigenvalue weighted by Crippen LogP contribution is -2.39. The summed E-state index contributed by atoms with van der Waals surface area (Å²) in [5.74, 6) is 0. The SMILES string of the molecule is CCn1c(=S)c2c(=O)n(CC)c(=S)n3c2n(c1=O)CCC3. The summed E-state index contributed by atoms with van der Waals surface area (Å²) in [6.45, 7) is 5.98. The number of hydrogen-bond acceptors (Lipinski definition) is 4. The Morgan fingerprint density at radius 3 is 2.24 bits per heavy atom. The second-order valence-electron chi connectivity index (χ2n) is 5.02. The van der Waals surface area contributed by atoms with Gasteiger partial charge in [-0.2, -0.15) is 0 Å². The third-order valence-electron chi connectivity index (χ3n) is 3.97. The van der Waals surface area contributed by atoms with E-state index in [4.69, 9.17) is 24.4 Å². The molecule has 0 amide bonds. The zero-order chi connectivity index (χ0) is 15.3. The zero-order valence-electron chi connectivity index (χ0n) is 12.0. The first-order valence-corrected chi connectivity index (χ1v) is 7.85. The van der Waals surface area contributed by atoms with E-state index in [0.717, 1.165) is 6.42 Å². The fraction of sp³-hybridized carbons (Fsp3) is 0.538. The molecule has 8 heteroatoms. The lowest BCUT2D eigenvalue weighted by Gasteiger charge is -2.24. The van der Waals surface area contributed by atoms with Gasteiger partial charge in [-0.1, -0.05) is 12.2 Å². The molecule has 0 saturated carbocycles. The van der Waals surface area contributed by atoms with Gasteiger partial charge in [-0.3, -0.25) is 18.5 Å². The molecule has 6 nitrogen and oxygen atoms in total. The minimum Gasteiger partial charge on any atom is -0.303 e. The summed E-state index contributed by atoms with van der Waals surface area (Å²) in [5.41, 5.74) is 0.226. The van der Waals surface area contributed by atoms with E-state index in [1.165, 1.54) is 4.57 Å². The standard InChI is InChI=1S/C13H16N4O2S2/c1-3-14-10(18)8-9-16(6-5-7-17(9)13(14)21)12(19)15(4-2)11(8)20/h3-7H2,1-2H3. The van der Waals surface area contributed by atoms with Crippen molar-refractivity contribution >= 4 is 35.5 Å². The van der Waals surface area contributed by atoms with Crippen LogP contribution in [0.4, 0.5) is 0 Å². The predicted molar refractivity (Wildman–Crippen MR) is 86.1 cm³/mol. The van der Waals surface area contributed by atoms with E-state index in [2.05, 4.69) is 0 Å². The van der Waals surface area contributed by atoms with Gasteiger partial charge in [-0.05, 0) is 32.5 Å². The molecule has 0 spiro atoms. The van der Waals surface area contributed by atoms with Crippen LogP contribution < -0.4 is 11.2 Å². The molecule has 0 N–H and O–H groups in total. The van der Waals surface area contributed by atoms with Gasteiger partial charge in [0.15, 0.2) is 4.77 Å². The molecular formula is C13H16N4O2S2. The van der Waals surface area contributed by atoms with Crippen molar-refractivity contribution in [3.63, 3.8) is 0 Å². The maximum atomic E-state index is 12.7. The van der Waals surface area contributed by atoms with E-state index in [0.29, 0.717) is 46.6 Å². The van der Waals surface area contributed by atoms with Crippen LogP contribution in [0.15, 0.2) is 9.59 Å². The third-order valence-corrected chi connectivity index (χ3v) is 4.84. The van der Waals surface area contributed by atoms with Crippen molar-refractivity contribution in [2.75, 3.05) is 0 Å². The van der Waals surface area contributed by atoms with E-state index < -0.39 is 0 Å². The molecule has 2 aromatic heterocycles. The minimum absolute atomic E-state index is 0.161. The van der Waals surface area contributed by atoms with Crippen LogP contribution in [0.5, 0.6) is 0 Å². The summed E-state index contributed by atoms with van der Waals surface area (Å²) in [6.07, 6.45) is 0.818. The maximum absolute atomic E-state index is 12.7. The molecule has 0 unspecified atom stereocenters. The van der Waals surface area contributed by atoms with Crippen LogP contribution in [-0.2, 0) is 26.2 Å². The molecule has 0 atom stereocenters. The van der Waals surface area contributed by atoms with E-state index in [1.807, 2.05) is 18.4 Å². The molecule has 0 aromatic carbocycles. The Morgan fingerprint density at radius 2 is 1.62 bits per heavy atom. The number of nitrogens with zero attached hydrogens (tertiary/aromatic N) is 4. The van der Waals surface area contributed by atoms with Crippen molar-refractivity contribution in [1.29, 1.82) is 0 Å². The normalized spacial score (nSPS) is 13.8. The van der Waals surface area contributed by atoms with Crippen molar-refractivity contribution in [2.24, 2.45) is 0 Å². The molecule has 0 bridgehead atoms. The Kier molecular flexibility index (Phi) is 3.45. The second kappa shape index (κ2) is 5.03. The number of aryl methyl sites for hydroxylation is 2. The van der Waals surface area contributed by atoms with Crippen LogP contribution in [0, 0.1) is 9.41 Å². The van der Waals surface area contributed by atoms with Crippen LogP contribution in [0.2, 0.25) is 0 Å². The summed E-state index contributed by atoms with van der Waals surface area (Å²) in [4.78, 5) is 25.2. The minimum atomic E-state index is -0.198. The van der Waals surface area contributed by atoms with Crippen LogP contribution >= 0.6 is 24.4 Å². The van der Waals surface area contributed by atoms with Crippen molar-refractivity contribution < 1.29 is 0 Å². The van der Waals surface area contributed by atoms with Crippen molar-refractivity contribution in [1.82, 2.24) is 18.3 Å². The molecule has 0 aliphatic carbocycles. The maximum Gasteiger partial charge on any atom is 0.330 e. The topological polar surface area (TPSA) is 53.9 Å². The fourth-order valence-corrected chi connectivity index (χ4v) is 3.74. The van der Waals surface area contributed by atoms with Gasteiger partial charge in [0.1, 0.15) is 15.7 Å². The average molecular weight is 324 g/mol. The summed E-state index contributed by atoms with van der Waals surface area (Å²) in [6, 6.07) is 0. The second-order valence-corrected chi connectivity index (χ2v) is 5.77. The van der Waals surface area contributed by atoms with Gasteiger partial charge in [-0.15, -0.1) is 0 Å². The highest BCUT2D eigenvalue weighted by Gasteiger charge is 2.21. The summed E-state index contributed by atoms with van der Waals surface area (Å²) in [7, 11) is 0. The van der Waals surface area contributed by atoms with Crippen molar-refractivity contribution in [3.8, 4) is 0 Å². The molecule has 3 rings (SSSR count). The monoisotopic (exact) mass is 324 g/mol. The van der Waals surface area contributed by atoms with Gasteiger partial charge < -0.3 is 4.57 Å². The molecule has 0 saturated heterocycles. The Balaban J connectivity index is 2.75. The lowest BCUT2D eigenvalue weighted by atomic mass is 10.3. The molecule has 0 radical (unpaired) electrons. The summed E-state index contributed by atoms with van der Waals surface area (Å²) < 4.78 is 7.31. The molecule has 112 valence electrons. The molecule has 3 heterocycles. The van der Waals surface area contributed by atoms with E-state index in [-0.39, 0.29) is 11.2 Å². The predicted octanol–water partition coefficient (Wildman–Crippen LogP) is 1.67. The molecule has 0 fully saturated rings. The zero-order valence-corrected chi connectivity index (χ0v) is 13.6. The smallest absolute Gasteiger partial charge is 0.303 e. The van der Waals surface area contributed by atoms with Crippen LogP contribution in [0.25, 0.3) is 11.0 Å². The van der Waals surface area contributed by atoms with Gasteiger partial charge in [0.05, 0.1) is 0 Å². The van der Waals surface area contributed by atoms with Gasteiger partial charge in [0, 0.05) is 26.2 Å². The largest absolute Gasteiger partial charge is 0.330 e. The molecular weight excluding hydrogens is 308 g/mol. The molecule has 2 aromatic rings. The number of rotatable bonds is 2.